The SMILES string of the molecule is CCS(=O)(=O)N1CCC[C@@H](C(=O)Nc2ccccc2C(=O)NCC(C)C)C1. The number of carbonyl (C=O) groups is 2. The van der Waals surface area contributed by atoms with Crippen LogP contribution in [0, 0.1) is 11.8 Å². The maximum absolute atomic E-state index is 12.7. The Morgan fingerprint density at radius 3 is 2.63 bits per heavy atom. The van der Waals surface area contributed by atoms with Gasteiger partial charge in [-0.2, -0.15) is 0 Å². The van der Waals surface area contributed by atoms with Crippen molar-refractivity contribution >= 4 is 27.5 Å². The van der Waals surface area contributed by atoms with E-state index in [0.29, 0.717) is 43.1 Å². The first-order valence-electron chi connectivity index (χ1n) is 9.40. The fourth-order valence-corrected chi connectivity index (χ4v) is 4.19. The molecule has 8 heteroatoms. The van der Waals surface area contributed by atoms with Gasteiger partial charge in [0.05, 0.1) is 22.9 Å². The van der Waals surface area contributed by atoms with Crippen LogP contribution in [0.4, 0.5) is 5.69 Å². The van der Waals surface area contributed by atoms with E-state index in [1.54, 1.807) is 31.2 Å². The van der Waals surface area contributed by atoms with Gasteiger partial charge in [0.25, 0.3) is 5.91 Å². The summed E-state index contributed by atoms with van der Waals surface area (Å²) >= 11 is 0. The second-order valence-electron chi connectivity index (χ2n) is 7.24. The molecule has 2 amide bonds. The minimum absolute atomic E-state index is 0.0280. The van der Waals surface area contributed by atoms with Crippen LogP contribution in [-0.2, 0) is 14.8 Å². The number of nitrogens with zero attached hydrogens (tertiary/aromatic N) is 1. The molecule has 7 nitrogen and oxygen atoms in total. The number of carbonyl (C=O) groups excluding carboxylic acids is 2. The molecule has 1 aromatic carbocycles. The quantitative estimate of drug-likeness (QED) is 0.739. The Kier molecular flexibility index (Phi) is 7.38. The minimum atomic E-state index is -3.31. The first-order valence-corrected chi connectivity index (χ1v) is 11.0. The highest BCUT2D eigenvalue weighted by molar-refractivity contribution is 7.89. The van der Waals surface area contributed by atoms with E-state index in [9.17, 15) is 18.0 Å². The molecule has 1 saturated heterocycles. The van der Waals surface area contributed by atoms with Crippen molar-refractivity contribution in [2.24, 2.45) is 11.8 Å². The van der Waals surface area contributed by atoms with Gasteiger partial charge in [-0.1, -0.05) is 26.0 Å². The minimum Gasteiger partial charge on any atom is -0.352 e. The third-order valence-corrected chi connectivity index (χ3v) is 6.46. The molecule has 1 aromatic rings. The number of piperidine rings is 1. The topological polar surface area (TPSA) is 95.6 Å². The summed E-state index contributed by atoms with van der Waals surface area (Å²) in [6.07, 6.45) is 1.27. The Morgan fingerprint density at radius 2 is 1.96 bits per heavy atom. The molecule has 0 spiro atoms. The molecule has 150 valence electrons. The smallest absolute Gasteiger partial charge is 0.253 e. The largest absolute Gasteiger partial charge is 0.352 e. The summed E-state index contributed by atoms with van der Waals surface area (Å²) < 4.78 is 25.6. The van der Waals surface area contributed by atoms with E-state index in [2.05, 4.69) is 10.6 Å². The maximum Gasteiger partial charge on any atom is 0.253 e. The summed E-state index contributed by atoms with van der Waals surface area (Å²) in [5.41, 5.74) is 0.847. The number of rotatable bonds is 7. The lowest BCUT2D eigenvalue weighted by Crippen LogP contribution is -2.44. The van der Waals surface area contributed by atoms with E-state index in [1.165, 1.54) is 4.31 Å². The van der Waals surface area contributed by atoms with Gasteiger partial charge in [0.15, 0.2) is 0 Å². The van der Waals surface area contributed by atoms with Crippen LogP contribution in [0.3, 0.4) is 0 Å². The second-order valence-corrected chi connectivity index (χ2v) is 9.49. The van der Waals surface area contributed by atoms with Gasteiger partial charge in [-0.15, -0.1) is 0 Å². The van der Waals surface area contributed by atoms with Crippen LogP contribution >= 0.6 is 0 Å². The fraction of sp³-hybridized carbons (Fsp3) is 0.579. The highest BCUT2D eigenvalue weighted by Gasteiger charge is 2.31. The second kappa shape index (κ2) is 9.32. The summed E-state index contributed by atoms with van der Waals surface area (Å²) in [6, 6.07) is 6.85. The highest BCUT2D eigenvalue weighted by Crippen LogP contribution is 2.22. The first-order chi connectivity index (χ1) is 12.7. The summed E-state index contributed by atoms with van der Waals surface area (Å²) in [5, 5.41) is 5.67. The van der Waals surface area contributed by atoms with Crippen LogP contribution in [0.25, 0.3) is 0 Å². The Balaban J connectivity index is 2.08. The molecule has 0 aromatic heterocycles. The van der Waals surface area contributed by atoms with Crippen LogP contribution in [0.1, 0.15) is 44.0 Å². The van der Waals surface area contributed by atoms with Crippen molar-refractivity contribution in [2.45, 2.75) is 33.6 Å². The lowest BCUT2D eigenvalue weighted by atomic mass is 9.98. The Hall–Kier alpha value is -1.93. The van der Waals surface area contributed by atoms with Crippen LogP contribution in [0.15, 0.2) is 24.3 Å². The van der Waals surface area contributed by atoms with Crippen molar-refractivity contribution in [3.8, 4) is 0 Å². The predicted molar refractivity (Wildman–Crippen MR) is 106 cm³/mol. The molecule has 1 fully saturated rings. The van der Waals surface area contributed by atoms with E-state index in [-0.39, 0.29) is 24.1 Å². The Labute approximate surface area is 161 Å². The lowest BCUT2D eigenvalue weighted by molar-refractivity contribution is -0.120. The summed E-state index contributed by atoms with van der Waals surface area (Å²) in [5.74, 6) is -0.565. The van der Waals surface area contributed by atoms with Gasteiger partial charge in [-0.05, 0) is 37.8 Å². The number of benzene rings is 1. The van der Waals surface area contributed by atoms with Crippen LogP contribution in [0.2, 0.25) is 0 Å². The molecular weight excluding hydrogens is 366 g/mol. The van der Waals surface area contributed by atoms with Crippen LogP contribution in [-0.4, -0.2) is 49.9 Å². The number of anilines is 1. The highest BCUT2D eigenvalue weighted by atomic mass is 32.2. The van der Waals surface area contributed by atoms with Gasteiger partial charge in [-0.25, -0.2) is 12.7 Å². The zero-order valence-corrected chi connectivity index (χ0v) is 17.0. The number of hydrogen-bond donors (Lipinski definition) is 2. The molecule has 1 aliphatic rings. The molecule has 2 N–H and O–H groups in total. The zero-order chi connectivity index (χ0) is 20.0. The fourth-order valence-electron chi connectivity index (χ4n) is 3.01. The van der Waals surface area contributed by atoms with Crippen molar-refractivity contribution < 1.29 is 18.0 Å². The van der Waals surface area contributed by atoms with Crippen molar-refractivity contribution in [1.29, 1.82) is 0 Å². The molecule has 1 atom stereocenters. The maximum atomic E-state index is 12.7. The van der Waals surface area contributed by atoms with Gasteiger partial charge in [0.2, 0.25) is 15.9 Å². The van der Waals surface area contributed by atoms with E-state index in [0.717, 1.165) is 0 Å². The van der Waals surface area contributed by atoms with Crippen molar-refractivity contribution in [3.05, 3.63) is 29.8 Å². The summed E-state index contributed by atoms with van der Waals surface area (Å²) in [7, 11) is -3.31. The predicted octanol–water partition coefficient (Wildman–Crippen LogP) is 2.07. The molecule has 0 saturated carbocycles. The molecule has 1 aliphatic heterocycles. The van der Waals surface area contributed by atoms with Crippen LogP contribution < -0.4 is 10.6 Å². The van der Waals surface area contributed by atoms with E-state index in [1.807, 2.05) is 13.8 Å². The summed E-state index contributed by atoms with van der Waals surface area (Å²) in [4.78, 5) is 25.1. The average molecular weight is 396 g/mol. The van der Waals surface area contributed by atoms with Crippen LogP contribution in [0.5, 0.6) is 0 Å². The number of hydrogen-bond acceptors (Lipinski definition) is 4. The van der Waals surface area contributed by atoms with Gasteiger partial charge < -0.3 is 10.6 Å². The third kappa shape index (κ3) is 5.77. The number of amides is 2. The average Bonchev–Trinajstić information content (AvgIpc) is 2.66. The number of sulfonamides is 1. The first kappa shape index (κ1) is 21.4. The van der Waals surface area contributed by atoms with E-state index >= 15 is 0 Å². The molecular formula is C19H29N3O4S. The van der Waals surface area contributed by atoms with Crippen molar-refractivity contribution in [2.75, 3.05) is 30.7 Å². The molecule has 0 radical (unpaired) electrons. The third-order valence-electron chi connectivity index (χ3n) is 4.61. The van der Waals surface area contributed by atoms with Gasteiger partial charge in [0, 0.05) is 19.6 Å². The molecule has 0 unspecified atom stereocenters. The normalized spacial score (nSPS) is 18.3. The summed E-state index contributed by atoms with van der Waals surface area (Å²) in [6.45, 7) is 6.80. The Bertz CT molecular complexity index is 777. The lowest BCUT2D eigenvalue weighted by Gasteiger charge is -2.31. The Morgan fingerprint density at radius 1 is 1.26 bits per heavy atom. The van der Waals surface area contributed by atoms with E-state index in [4.69, 9.17) is 0 Å². The molecule has 27 heavy (non-hydrogen) atoms. The van der Waals surface area contributed by atoms with Crippen molar-refractivity contribution in [3.63, 3.8) is 0 Å². The standard InChI is InChI=1S/C19H29N3O4S/c1-4-27(25,26)22-11-7-8-15(13-22)18(23)21-17-10-6-5-9-16(17)19(24)20-12-14(2)3/h5-6,9-10,14-15H,4,7-8,11-13H2,1-3H3,(H,20,24)(H,21,23)/t15-/m1/s1. The van der Waals surface area contributed by atoms with Gasteiger partial charge in [0.1, 0.15) is 0 Å². The molecule has 0 aliphatic carbocycles. The van der Waals surface area contributed by atoms with E-state index < -0.39 is 15.9 Å². The number of nitrogens with one attached hydrogen (secondary N) is 2. The monoisotopic (exact) mass is 395 g/mol. The molecule has 0 bridgehead atoms. The zero-order valence-electron chi connectivity index (χ0n) is 16.2. The molecule has 1 heterocycles. The number of para-hydroxylation sites is 1. The molecule has 2 rings (SSSR count). The van der Waals surface area contributed by atoms with Gasteiger partial charge >= 0.3 is 0 Å². The van der Waals surface area contributed by atoms with Crippen molar-refractivity contribution in [1.82, 2.24) is 9.62 Å². The van der Waals surface area contributed by atoms with Gasteiger partial charge in [-0.3, -0.25) is 9.59 Å².